The lowest BCUT2D eigenvalue weighted by atomic mass is 10.2. The van der Waals surface area contributed by atoms with E-state index in [-0.39, 0.29) is 0 Å². The number of aryl methyl sites for hydroxylation is 2. The molecule has 4 nitrogen and oxygen atoms in total. The number of pyridine rings is 1. The van der Waals surface area contributed by atoms with Crippen molar-refractivity contribution < 1.29 is 0 Å². The molecule has 0 fully saturated rings. The normalized spacial score (nSPS) is 11.0. The van der Waals surface area contributed by atoms with E-state index in [0.717, 1.165) is 32.5 Å². The highest BCUT2D eigenvalue weighted by atomic mass is 79.9. The van der Waals surface area contributed by atoms with Crippen molar-refractivity contribution in [1.82, 2.24) is 14.8 Å². The zero-order valence-corrected chi connectivity index (χ0v) is 14.0. The van der Waals surface area contributed by atoms with Crippen molar-refractivity contribution in [2.75, 3.05) is 5.32 Å². The largest absolute Gasteiger partial charge is 0.380 e. The molecule has 21 heavy (non-hydrogen) atoms. The minimum absolute atomic E-state index is 0.660. The molecule has 2 aromatic heterocycles. The van der Waals surface area contributed by atoms with Crippen molar-refractivity contribution in [3.8, 4) is 0 Å². The van der Waals surface area contributed by atoms with Crippen LogP contribution in [-0.2, 0) is 13.6 Å². The summed E-state index contributed by atoms with van der Waals surface area (Å²) in [6.45, 7) is 2.65. The van der Waals surface area contributed by atoms with Crippen LogP contribution >= 0.6 is 27.5 Å². The van der Waals surface area contributed by atoms with E-state index in [1.165, 1.54) is 0 Å². The van der Waals surface area contributed by atoms with E-state index < -0.39 is 0 Å². The predicted molar refractivity (Wildman–Crippen MR) is 89.7 cm³/mol. The number of nitrogens with zero attached hydrogens (tertiary/aromatic N) is 3. The van der Waals surface area contributed by atoms with Gasteiger partial charge in [-0.25, -0.2) is 4.98 Å². The summed E-state index contributed by atoms with van der Waals surface area (Å²) >= 11 is 9.62. The van der Waals surface area contributed by atoms with Gasteiger partial charge >= 0.3 is 0 Å². The van der Waals surface area contributed by atoms with Gasteiger partial charge in [-0.2, -0.15) is 5.10 Å². The summed E-state index contributed by atoms with van der Waals surface area (Å²) < 4.78 is 2.79. The molecule has 0 aliphatic heterocycles. The highest BCUT2D eigenvalue weighted by Crippen LogP contribution is 2.26. The van der Waals surface area contributed by atoms with Gasteiger partial charge in [-0.3, -0.25) is 4.68 Å². The van der Waals surface area contributed by atoms with E-state index in [4.69, 9.17) is 11.6 Å². The number of nitrogens with one attached hydrogen (secondary N) is 1. The van der Waals surface area contributed by atoms with Crippen LogP contribution < -0.4 is 5.32 Å². The lowest BCUT2D eigenvalue weighted by molar-refractivity contribution is 0.773. The van der Waals surface area contributed by atoms with Gasteiger partial charge in [-0.05, 0) is 36.8 Å². The smallest absolute Gasteiger partial charge is 0.157 e. The first-order valence-corrected chi connectivity index (χ1v) is 7.69. The van der Waals surface area contributed by atoms with E-state index in [9.17, 15) is 0 Å². The number of anilines is 1. The van der Waals surface area contributed by atoms with Crippen LogP contribution in [0.3, 0.4) is 0 Å². The fraction of sp³-hybridized carbons (Fsp3) is 0.200. The van der Waals surface area contributed by atoms with E-state index in [1.807, 2.05) is 38.4 Å². The average molecular weight is 366 g/mol. The molecule has 0 aliphatic rings. The molecule has 0 radical (unpaired) electrons. The first-order valence-electron chi connectivity index (χ1n) is 6.52. The molecule has 1 aromatic carbocycles. The van der Waals surface area contributed by atoms with Crippen molar-refractivity contribution in [3.63, 3.8) is 0 Å². The molecule has 3 aromatic rings. The molecule has 0 saturated carbocycles. The Morgan fingerprint density at radius 3 is 2.95 bits per heavy atom. The molecule has 0 spiro atoms. The van der Waals surface area contributed by atoms with Gasteiger partial charge in [0.2, 0.25) is 0 Å². The quantitative estimate of drug-likeness (QED) is 0.752. The van der Waals surface area contributed by atoms with Crippen molar-refractivity contribution in [1.29, 1.82) is 0 Å². The first kappa shape index (κ1) is 14.4. The molecule has 0 saturated heterocycles. The highest BCUT2D eigenvalue weighted by Gasteiger charge is 2.07. The maximum Gasteiger partial charge on any atom is 0.157 e. The molecule has 0 aliphatic carbocycles. The van der Waals surface area contributed by atoms with Crippen LogP contribution in [-0.4, -0.2) is 14.8 Å². The van der Waals surface area contributed by atoms with Crippen LogP contribution in [0.1, 0.15) is 11.3 Å². The topological polar surface area (TPSA) is 42.7 Å². The SMILES string of the molecule is Cc1nn(C)c2ncc(CNc3cc(Br)ccc3Cl)cc12. The van der Waals surface area contributed by atoms with E-state index >= 15 is 0 Å². The molecule has 0 amide bonds. The molecule has 108 valence electrons. The summed E-state index contributed by atoms with van der Waals surface area (Å²) in [5.74, 6) is 0. The van der Waals surface area contributed by atoms with Crippen molar-refractivity contribution >= 4 is 44.3 Å². The Hall–Kier alpha value is -1.59. The van der Waals surface area contributed by atoms with Crippen LogP contribution in [0.25, 0.3) is 11.0 Å². The summed E-state index contributed by atoms with van der Waals surface area (Å²) in [6, 6.07) is 7.86. The summed E-state index contributed by atoms with van der Waals surface area (Å²) in [5.41, 5.74) is 3.88. The third kappa shape index (κ3) is 2.89. The van der Waals surface area contributed by atoms with Gasteiger partial charge in [0.25, 0.3) is 0 Å². The number of benzene rings is 1. The number of hydrogen-bond acceptors (Lipinski definition) is 3. The number of fused-ring (bicyclic) bond motifs is 1. The van der Waals surface area contributed by atoms with E-state index in [1.54, 1.807) is 4.68 Å². The molecule has 6 heteroatoms. The minimum atomic E-state index is 0.660. The maximum absolute atomic E-state index is 6.17. The Morgan fingerprint density at radius 1 is 1.33 bits per heavy atom. The third-order valence-corrected chi connectivity index (χ3v) is 4.15. The van der Waals surface area contributed by atoms with Crippen molar-refractivity contribution in [3.05, 3.63) is 51.2 Å². The second kappa shape index (κ2) is 5.66. The van der Waals surface area contributed by atoms with Gasteiger partial charge in [0.05, 0.1) is 16.4 Å². The van der Waals surface area contributed by atoms with Gasteiger partial charge in [0.1, 0.15) is 0 Å². The number of hydrogen-bond donors (Lipinski definition) is 1. The Morgan fingerprint density at radius 2 is 2.14 bits per heavy atom. The van der Waals surface area contributed by atoms with E-state index in [0.29, 0.717) is 11.6 Å². The van der Waals surface area contributed by atoms with Crippen molar-refractivity contribution in [2.45, 2.75) is 13.5 Å². The molecule has 0 unspecified atom stereocenters. The number of aromatic nitrogens is 3. The molecule has 1 N–H and O–H groups in total. The van der Waals surface area contributed by atoms with Crippen LogP contribution in [0.4, 0.5) is 5.69 Å². The number of rotatable bonds is 3. The zero-order valence-electron chi connectivity index (χ0n) is 11.7. The first-order chi connectivity index (χ1) is 10.0. The predicted octanol–water partition coefficient (Wildman–Crippen LogP) is 4.30. The lowest BCUT2D eigenvalue weighted by Gasteiger charge is -2.09. The lowest BCUT2D eigenvalue weighted by Crippen LogP contribution is -2.01. The minimum Gasteiger partial charge on any atom is -0.380 e. The standard InChI is InChI=1S/C15H14BrClN4/c1-9-12-5-10(8-19-15(12)21(2)20-9)7-18-14-6-11(16)3-4-13(14)17/h3-6,8,18H,7H2,1-2H3. The second-order valence-corrected chi connectivity index (χ2v) is 6.22. The maximum atomic E-state index is 6.17. The fourth-order valence-corrected chi connectivity index (χ4v) is 2.82. The van der Waals surface area contributed by atoms with Crippen molar-refractivity contribution in [2.24, 2.45) is 7.05 Å². The second-order valence-electron chi connectivity index (χ2n) is 4.90. The Bertz CT molecular complexity index is 813. The Kier molecular flexibility index (Phi) is 3.87. The van der Waals surface area contributed by atoms with Crippen LogP contribution in [0, 0.1) is 6.92 Å². The Labute approximate surface area is 136 Å². The molecule has 0 bridgehead atoms. The molecule has 3 rings (SSSR count). The monoisotopic (exact) mass is 364 g/mol. The highest BCUT2D eigenvalue weighted by molar-refractivity contribution is 9.10. The zero-order chi connectivity index (χ0) is 15.0. The van der Waals surface area contributed by atoms with Crippen LogP contribution in [0.15, 0.2) is 34.9 Å². The number of halogens is 2. The van der Waals surface area contributed by atoms with Gasteiger partial charge < -0.3 is 5.32 Å². The molecule has 0 atom stereocenters. The summed E-state index contributed by atoms with van der Waals surface area (Å²) in [5, 5.41) is 9.49. The summed E-state index contributed by atoms with van der Waals surface area (Å²) in [4.78, 5) is 4.47. The summed E-state index contributed by atoms with van der Waals surface area (Å²) in [6.07, 6.45) is 1.86. The van der Waals surface area contributed by atoms with Crippen LogP contribution in [0.5, 0.6) is 0 Å². The van der Waals surface area contributed by atoms with Crippen LogP contribution in [0.2, 0.25) is 5.02 Å². The van der Waals surface area contributed by atoms with Gasteiger partial charge in [0.15, 0.2) is 5.65 Å². The van der Waals surface area contributed by atoms with Gasteiger partial charge in [-0.15, -0.1) is 0 Å². The fourth-order valence-electron chi connectivity index (χ4n) is 2.28. The summed E-state index contributed by atoms with van der Waals surface area (Å²) in [7, 11) is 1.90. The average Bonchev–Trinajstić information content (AvgIpc) is 2.75. The molecule has 2 heterocycles. The van der Waals surface area contributed by atoms with Gasteiger partial charge in [-0.1, -0.05) is 27.5 Å². The molecular weight excluding hydrogens is 352 g/mol. The van der Waals surface area contributed by atoms with E-state index in [2.05, 4.69) is 37.4 Å². The third-order valence-electron chi connectivity index (χ3n) is 3.33. The Balaban J connectivity index is 1.85. The van der Waals surface area contributed by atoms with Gasteiger partial charge in [0, 0.05) is 29.6 Å². The molecular formula is C15H14BrClN4.